The van der Waals surface area contributed by atoms with Gasteiger partial charge in [-0.05, 0) is 39.3 Å². The van der Waals surface area contributed by atoms with E-state index in [2.05, 4.69) is 46.2 Å². The number of hydrogen-bond acceptors (Lipinski definition) is 5. The summed E-state index contributed by atoms with van der Waals surface area (Å²) in [6.45, 7) is 6.93. The summed E-state index contributed by atoms with van der Waals surface area (Å²) in [6.07, 6.45) is 1.04. The van der Waals surface area contributed by atoms with Crippen LogP contribution in [0.1, 0.15) is 28.1 Å². The predicted octanol–water partition coefficient (Wildman–Crippen LogP) is 2.47. The summed E-state index contributed by atoms with van der Waals surface area (Å²) in [6, 6.07) is 4.78. The first-order valence-electron chi connectivity index (χ1n) is 5.72. The number of hydrogen-bond donors (Lipinski definition) is 1. The highest BCUT2D eigenvalue weighted by Crippen LogP contribution is 2.16. The molecule has 0 aliphatic carbocycles. The summed E-state index contributed by atoms with van der Waals surface area (Å²) < 4.78 is 4.66. The van der Waals surface area contributed by atoms with Crippen LogP contribution in [0.25, 0.3) is 0 Å². The van der Waals surface area contributed by atoms with Gasteiger partial charge in [-0.2, -0.15) is 0 Å². The molecule has 5 heteroatoms. The lowest BCUT2D eigenvalue weighted by Gasteiger charge is -2.11. The van der Waals surface area contributed by atoms with Crippen LogP contribution in [0.15, 0.2) is 16.8 Å². The molecule has 92 valence electrons. The lowest BCUT2D eigenvalue weighted by Crippen LogP contribution is -2.27. The first-order valence-corrected chi connectivity index (χ1v) is 6.53. The molecule has 2 aromatic heterocycles. The highest BCUT2D eigenvalue weighted by molar-refractivity contribution is 7.11. The molecule has 1 unspecified atom stereocenters. The van der Waals surface area contributed by atoms with Gasteiger partial charge < -0.3 is 5.32 Å². The van der Waals surface area contributed by atoms with Crippen molar-refractivity contribution >= 4 is 11.3 Å². The Morgan fingerprint density at radius 1 is 1.35 bits per heavy atom. The van der Waals surface area contributed by atoms with Crippen LogP contribution in [-0.2, 0) is 13.0 Å². The second kappa shape index (κ2) is 5.42. The number of nitrogens with one attached hydrogen (secondary N) is 1. The summed E-state index contributed by atoms with van der Waals surface area (Å²) in [7, 11) is 0. The second-order valence-electron chi connectivity index (χ2n) is 4.29. The topological polar surface area (TPSA) is 51.0 Å². The van der Waals surface area contributed by atoms with E-state index in [9.17, 15) is 0 Å². The Balaban J connectivity index is 1.82. The number of rotatable bonds is 5. The molecule has 0 aliphatic rings. The molecule has 2 rings (SSSR count). The molecule has 17 heavy (non-hydrogen) atoms. The van der Waals surface area contributed by atoms with Crippen molar-refractivity contribution in [3.63, 3.8) is 0 Å². The molecule has 0 amide bonds. The van der Waals surface area contributed by atoms with Crippen molar-refractivity contribution in [2.45, 2.75) is 39.8 Å². The Kier molecular flexibility index (Phi) is 3.91. The van der Waals surface area contributed by atoms with Crippen LogP contribution >= 0.6 is 11.3 Å². The van der Waals surface area contributed by atoms with Crippen molar-refractivity contribution in [2.24, 2.45) is 0 Å². The number of thiophene rings is 1. The Labute approximate surface area is 105 Å². The summed E-state index contributed by atoms with van der Waals surface area (Å²) in [5, 5.41) is 11.0. The maximum Gasteiger partial charge on any atom is 0.121 e. The van der Waals surface area contributed by atoms with Crippen molar-refractivity contribution in [1.82, 2.24) is 15.6 Å². The van der Waals surface area contributed by atoms with Crippen molar-refractivity contribution in [3.05, 3.63) is 33.3 Å². The molecule has 1 N–H and O–H groups in total. The van der Waals surface area contributed by atoms with Gasteiger partial charge >= 0.3 is 0 Å². The van der Waals surface area contributed by atoms with E-state index in [-0.39, 0.29) is 0 Å². The van der Waals surface area contributed by atoms with E-state index in [1.807, 2.05) is 18.3 Å². The van der Waals surface area contributed by atoms with Gasteiger partial charge in [0.15, 0.2) is 0 Å². The van der Waals surface area contributed by atoms with Crippen molar-refractivity contribution in [3.8, 4) is 0 Å². The smallest absolute Gasteiger partial charge is 0.121 e. The Morgan fingerprint density at radius 2 is 2.18 bits per heavy atom. The van der Waals surface area contributed by atoms with Gasteiger partial charge in [0.1, 0.15) is 11.4 Å². The van der Waals surface area contributed by atoms with Crippen LogP contribution in [0.5, 0.6) is 0 Å². The lowest BCUT2D eigenvalue weighted by molar-refractivity contribution is 0.300. The van der Waals surface area contributed by atoms with Crippen molar-refractivity contribution < 1.29 is 4.63 Å². The molecule has 2 aromatic rings. The first kappa shape index (κ1) is 12.3. The van der Waals surface area contributed by atoms with E-state index in [4.69, 9.17) is 0 Å². The fourth-order valence-electron chi connectivity index (χ4n) is 1.65. The predicted molar refractivity (Wildman–Crippen MR) is 68.1 cm³/mol. The number of aryl methyl sites for hydroxylation is 2. The zero-order valence-electron chi connectivity index (χ0n) is 10.4. The third kappa shape index (κ3) is 3.38. The fourth-order valence-corrected chi connectivity index (χ4v) is 2.67. The van der Waals surface area contributed by atoms with E-state index in [1.54, 1.807) is 0 Å². The Morgan fingerprint density at radius 3 is 2.76 bits per heavy atom. The molecular weight excluding hydrogens is 234 g/mol. The molecule has 0 saturated heterocycles. The molecule has 0 fully saturated rings. The highest BCUT2D eigenvalue weighted by Gasteiger charge is 2.08. The molecule has 2 heterocycles. The van der Waals surface area contributed by atoms with E-state index in [0.29, 0.717) is 12.6 Å². The number of nitrogens with zero attached hydrogens (tertiary/aromatic N) is 2. The fraction of sp³-hybridized carbons (Fsp3) is 0.500. The Bertz CT molecular complexity index is 478. The molecule has 0 spiro atoms. The van der Waals surface area contributed by atoms with Crippen LogP contribution in [0, 0.1) is 13.8 Å². The molecule has 0 aromatic carbocycles. The molecular formula is C12H17N3OS. The summed E-state index contributed by atoms with van der Waals surface area (Å²) in [5.41, 5.74) is 1.75. The van der Waals surface area contributed by atoms with Gasteiger partial charge in [-0.1, -0.05) is 10.3 Å². The van der Waals surface area contributed by atoms with E-state index >= 15 is 0 Å². The molecule has 0 bridgehead atoms. The van der Waals surface area contributed by atoms with Gasteiger partial charge in [-0.3, -0.25) is 0 Å². The maximum absolute atomic E-state index is 4.66. The summed E-state index contributed by atoms with van der Waals surface area (Å²) >= 11 is 1.86. The van der Waals surface area contributed by atoms with Gasteiger partial charge in [0.25, 0.3) is 0 Å². The molecule has 1 atom stereocenters. The minimum Gasteiger partial charge on any atom is -0.308 e. The average molecular weight is 251 g/mol. The zero-order valence-corrected chi connectivity index (χ0v) is 11.2. The van der Waals surface area contributed by atoms with Crippen LogP contribution < -0.4 is 5.32 Å². The van der Waals surface area contributed by atoms with Gasteiger partial charge in [0.05, 0.1) is 0 Å². The highest BCUT2D eigenvalue weighted by atomic mass is 32.1. The molecule has 0 saturated carbocycles. The van der Waals surface area contributed by atoms with Gasteiger partial charge in [-0.15, -0.1) is 11.3 Å². The molecule has 4 nitrogen and oxygen atoms in total. The molecule has 0 aliphatic heterocycles. The van der Waals surface area contributed by atoms with Gasteiger partial charge in [0.2, 0.25) is 0 Å². The molecule has 0 radical (unpaired) electrons. The van der Waals surface area contributed by atoms with E-state index in [0.717, 1.165) is 17.8 Å². The van der Waals surface area contributed by atoms with Crippen LogP contribution in [-0.4, -0.2) is 16.4 Å². The van der Waals surface area contributed by atoms with Gasteiger partial charge in [-0.25, -0.2) is 4.63 Å². The van der Waals surface area contributed by atoms with Crippen LogP contribution in [0.3, 0.4) is 0 Å². The minimum atomic E-state index is 0.421. The average Bonchev–Trinajstić information content (AvgIpc) is 2.85. The number of aromatic nitrogens is 2. The third-order valence-electron chi connectivity index (χ3n) is 2.67. The summed E-state index contributed by atoms with van der Waals surface area (Å²) in [5.74, 6) is 0. The van der Waals surface area contributed by atoms with Crippen LogP contribution in [0.2, 0.25) is 0 Å². The maximum atomic E-state index is 4.66. The van der Waals surface area contributed by atoms with Crippen LogP contribution in [0.4, 0.5) is 0 Å². The second-order valence-corrected chi connectivity index (χ2v) is 5.67. The normalized spacial score (nSPS) is 12.9. The standard InChI is InChI=1S/C12H17N3OS/c1-8(6-11-5-4-9(2)17-11)13-7-12-10(3)14-16-15-12/h4-5,8,13H,6-7H2,1-3H3. The van der Waals surface area contributed by atoms with Crippen molar-refractivity contribution in [1.29, 1.82) is 0 Å². The van der Waals surface area contributed by atoms with Gasteiger partial charge in [0, 0.05) is 22.3 Å². The lowest BCUT2D eigenvalue weighted by atomic mass is 10.2. The minimum absolute atomic E-state index is 0.421. The first-order chi connectivity index (χ1) is 8.15. The monoisotopic (exact) mass is 251 g/mol. The third-order valence-corrected chi connectivity index (χ3v) is 3.69. The van der Waals surface area contributed by atoms with Crippen molar-refractivity contribution in [2.75, 3.05) is 0 Å². The zero-order chi connectivity index (χ0) is 12.3. The summed E-state index contributed by atoms with van der Waals surface area (Å²) in [4.78, 5) is 2.78. The SMILES string of the molecule is Cc1ccc(CC(C)NCc2nonc2C)s1. The Hall–Kier alpha value is -1.20. The quantitative estimate of drug-likeness (QED) is 0.887. The van der Waals surface area contributed by atoms with E-state index < -0.39 is 0 Å². The van der Waals surface area contributed by atoms with E-state index in [1.165, 1.54) is 9.75 Å². The largest absolute Gasteiger partial charge is 0.308 e.